The average Bonchev–Trinajstić information content (AvgIpc) is 3.21. The molecule has 8 heteroatoms. The average molecular weight is 440 g/mol. The van der Waals surface area contributed by atoms with Crippen molar-refractivity contribution < 1.29 is 28.9 Å². The lowest BCUT2D eigenvalue weighted by Crippen LogP contribution is -2.42. The van der Waals surface area contributed by atoms with E-state index in [-0.39, 0.29) is 23.8 Å². The van der Waals surface area contributed by atoms with Gasteiger partial charge in [0.1, 0.15) is 17.6 Å². The first-order valence-electron chi connectivity index (χ1n) is 10.7. The minimum atomic E-state index is -0.621. The highest BCUT2D eigenvalue weighted by Gasteiger charge is 2.44. The normalized spacial score (nSPS) is 24.6. The summed E-state index contributed by atoms with van der Waals surface area (Å²) >= 11 is 0. The zero-order valence-corrected chi connectivity index (χ0v) is 18.5. The van der Waals surface area contributed by atoms with Gasteiger partial charge in [-0.05, 0) is 61.9 Å². The first-order valence-corrected chi connectivity index (χ1v) is 10.7. The zero-order chi connectivity index (χ0) is 22.8. The van der Waals surface area contributed by atoms with Gasteiger partial charge in [0.25, 0.3) is 5.91 Å². The van der Waals surface area contributed by atoms with Crippen molar-refractivity contribution in [2.45, 2.75) is 32.0 Å². The Kier molecular flexibility index (Phi) is 6.32. The maximum Gasteiger partial charge on any atom is 0.337 e. The van der Waals surface area contributed by atoms with Crippen molar-refractivity contribution in [3.63, 3.8) is 0 Å². The SMILES string of the molecule is COC(=O)c1ccc(O[C@@H]2C[C@@H]3CN(C(=O)c4cc(C)ncc4OC)C[C@@H]3C[C@H]2O)cc1. The van der Waals surface area contributed by atoms with Gasteiger partial charge in [-0.2, -0.15) is 0 Å². The van der Waals surface area contributed by atoms with Gasteiger partial charge >= 0.3 is 5.97 Å². The number of nitrogens with zero attached hydrogens (tertiary/aromatic N) is 2. The molecule has 0 bridgehead atoms. The number of pyridine rings is 1. The highest BCUT2D eigenvalue weighted by Crippen LogP contribution is 2.39. The number of aromatic nitrogens is 1. The summed E-state index contributed by atoms with van der Waals surface area (Å²) in [4.78, 5) is 30.8. The molecule has 170 valence electrons. The molecule has 1 aliphatic carbocycles. The first-order chi connectivity index (χ1) is 15.4. The Balaban J connectivity index is 1.42. The Bertz CT molecular complexity index is 992. The van der Waals surface area contributed by atoms with Gasteiger partial charge in [-0.1, -0.05) is 0 Å². The number of benzene rings is 1. The van der Waals surface area contributed by atoms with Crippen LogP contribution in [0.3, 0.4) is 0 Å². The van der Waals surface area contributed by atoms with Crippen molar-refractivity contribution >= 4 is 11.9 Å². The van der Waals surface area contributed by atoms with Crippen molar-refractivity contribution in [2.75, 3.05) is 27.3 Å². The number of aliphatic hydroxyl groups is 1. The highest BCUT2D eigenvalue weighted by molar-refractivity contribution is 5.97. The van der Waals surface area contributed by atoms with Crippen molar-refractivity contribution in [2.24, 2.45) is 11.8 Å². The van der Waals surface area contributed by atoms with Crippen LogP contribution in [0.25, 0.3) is 0 Å². The van der Waals surface area contributed by atoms with E-state index < -0.39 is 12.1 Å². The summed E-state index contributed by atoms with van der Waals surface area (Å²) in [6.07, 6.45) is 1.81. The number of carbonyl (C=O) groups is 2. The summed E-state index contributed by atoms with van der Waals surface area (Å²) < 4.78 is 16.1. The van der Waals surface area contributed by atoms with Crippen LogP contribution in [0.1, 0.15) is 39.3 Å². The minimum absolute atomic E-state index is 0.0768. The van der Waals surface area contributed by atoms with E-state index in [0.29, 0.717) is 48.6 Å². The smallest absolute Gasteiger partial charge is 0.337 e. The molecule has 1 saturated heterocycles. The standard InChI is InChI=1S/C24H28N2O6/c1-14-8-19(22(30-2)11-25-14)23(28)26-12-16-9-20(27)21(10-17(16)13-26)32-18-6-4-15(5-7-18)24(29)31-3/h4-8,11,16-17,20-21,27H,9-10,12-13H2,1-3H3/t16-,17+,20+,21+/m0/s1. The number of amides is 1. The number of rotatable bonds is 5. The van der Waals surface area contributed by atoms with Crippen LogP contribution in [0.2, 0.25) is 0 Å². The van der Waals surface area contributed by atoms with E-state index in [1.807, 2.05) is 11.8 Å². The van der Waals surface area contributed by atoms with E-state index in [1.165, 1.54) is 14.2 Å². The fourth-order valence-corrected chi connectivity index (χ4v) is 4.69. The number of methoxy groups -OCH3 is 2. The summed E-state index contributed by atoms with van der Waals surface area (Å²) in [7, 11) is 2.87. The molecule has 1 saturated carbocycles. The van der Waals surface area contributed by atoms with Gasteiger partial charge in [0, 0.05) is 18.8 Å². The third-order valence-corrected chi connectivity index (χ3v) is 6.39. The van der Waals surface area contributed by atoms with Crippen molar-refractivity contribution in [1.82, 2.24) is 9.88 Å². The van der Waals surface area contributed by atoms with E-state index in [1.54, 1.807) is 36.5 Å². The Morgan fingerprint density at radius 1 is 1.09 bits per heavy atom. The van der Waals surface area contributed by atoms with Crippen LogP contribution in [-0.4, -0.2) is 66.4 Å². The Labute approximate surface area is 187 Å². The Hall–Kier alpha value is -3.13. The molecule has 4 rings (SSSR count). The van der Waals surface area contributed by atoms with Crippen LogP contribution in [0.5, 0.6) is 11.5 Å². The van der Waals surface area contributed by atoms with Crippen molar-refractivity contribution in [1.29, 1.82) is 0 Å². The summed E-state index contributed by atoms with van der Waals surface area (Å²) in [5.74, 6) is 1.04. The van der Waals surface area contributed by atoms with Crippen LogP contribution < -0.4 is 9.47 Å². The molecule has 0 radical (unpaired) electrons. The van der Waals surface area contributed by atoms with Crippen LogP contribution in [-0.2, 0) is 4.74 Å². The third kappa shape index (κ3) is 4.41. The number of likely N-dealkylation sites (tertiary alicyclic amines) is 1. The monoisotopic (exact) mass is 440 g/mol. The first kappa shape index (κ1) is 22.1. The lowest BCUT2D eigenvalue weighted by Gasteiger charge is -2.35. The van der Waals surface area contributed by atoms with Gasteiger partial charge in [0.15, 0.2) is 0 Å². The predicted molar refractivity (Wildman–Crippen MR) is 116 cm³/mol. The number of fused-ring (bicyclic) bond motifs is 1. The van der Waals surface area contributed by atoms with Crippen molar-refractivity contribution in [3.8, 4) is 11.5 Å². The molecule has 2 aromatic rings. The van der Waals surface area contributed by atoms with Crippen LogP contribution in [0.4, 0.5) is 0 Å². The van der Waals surface area contributed by atoms with Crippen LogP contribution in [0, 0.1) is 18.8 Å². The molecule has 0 spiro atoms. The molecule has 32 heavy (non-hydrogen) atoms. The van der Waals surface area contributed by atoms with Gasteiger partial charge in [-0.25, -0.2) is 4.79 Å². The van der Waals surface area contributed by atoms with Gasteiger partial charge in [0.05, 0.1) is 37.6 Å². The second-order valence-corrected chi connectivity index (χ2v) is 8.47. The summed E-state index contributed by atoms with van der Waals surface area (Å²) in [6.45, 7) is 3.06. The molecular weight excluding hydrogens is 412 g/mol. The van der Waals surface area contributed by atoms with E-state index in [4.69, 9.17) is 14.2 Å². The van der Waals surface area contributed by atoms with Gasteiger partial charge < -0.3 is 24.2 Å². The number of carbonyl (C=O) groups excluding carboxylic acids is 2. The molecule has 1 N–H and O–H groups in total. The quantitative estimate of drug-likeness (QED) is 0.713. The molecule has 0 unspecified atom stereocenters. The van der Waals surface area contributed by atoms with Crippen LogP contribution >= 0.6 is 0 Å². The second kappa shape index (κ2) is 9.16. The lowest BCUT2D eigenvalue weighted by molar-refractivity contribution is -0.0231. The fraction of sp³-hybridized carbons (Fsp3) is 0.458. The molecular formula is C24H28N2O6. The highest BCUT2D eigenvalue weighted by atomic mass is 16.5. The molecule has 4 atom stereocenters. The maximum atomic E-state index is 13.2. The molecule has 1 amide bonds. The van der Waals surface area contributed by atoms with E-state index >= 15 is 0 Å². The molecule has 2 fully saturated rings. The summed E-state index contributed by atoms with van der Waals surface area (Å²) in [6, 6.07) is 8.43. The van der Waals surface area contributed by atoms with Gasteiger partial charge in [-0.15, -0.1) is 0 Å². The topological polar surface area (TPSA) is 98.2 Å². The molecule has 2 heterocycles. The van der Waals surface area contributed by atoms with Gasteiger partial charge in [0.2, 0.25) is 0 Å². The number of esters is 1. The zero-order valence-electron chi connectivity index (χ0n) is 18.5. The molecule has 2 aliphatic rings. The van der Waals surface area contributed by atoms with Gasteiger partial charge in [-0.3, -0.25) is 9.78 Å². The maximum absolute atomic E-state index is 13.2. The van der Waals surface area contributed by atoms with E-state index in [0.717, 1.165) is 5.69 Å². The summed E-state index contributed by atoms with van der Waals surface area (Å²) in [5.41, 5.74) is 1.71. The van der Waals surface area contributed by atoms with Crippen LogP contribution in [0.15, 0.2) is 36.5 Å². The van der Waals surface area contributed by atoms with E-state index in [2.05, 4.69) is 4.98 Å². The largest absolute Gasteiger partial charge is 0.494 e. The van der Waals surface area contributed by atoms with Crippen molar-refractivity contribution in [3.05, 3.63) is 53.3 Å². The number of ether oxygens (including phenoxy) is 3. The molecule has 1 aromatic heterocycles. The number of hydrogen-bond donors (Lipinski definition) is 1. The Morgan fingerprint density at radius 2 is 1.78 bits per heavy atom. The fourth-order valence-electron chi connectivity index (χ4n) is 4.69. The number of aryl methyl sites for hydroxylation is 1. The lowest BCUT2D eigenvalue weighted by atomic mass is 9.78. The Morgan fingerprint density at radius 3 is 2.44 bits per heavy atom. The third-order valence-electron chi connectivity index (χ3n) is 6.39. The summed E-state index contributed by atoms with van der Waals surface area (Å²) in [5, 5.41) is 10.7. The number of hydrogen-bond acceptors (Lipinski definition) is 7. The molecule has 1 aromatic carbocycles. The predicted octanol–water partition coefficient (Wildman–Crippen LogP) is 2.48. The number of aliphatic hydroxyl groups excluding tert-OH is 1. The molecule has 8 nitrogen and oxygen atoms in total. The van der Waals surface area contributed by atoms with E-state index in [9.17, 15) is 14.7 Å². The molecule has 1 aliphatic heterocycles. The second-order valence-electron chi connectivity index (χ2n) is 8.47. The minimum Gasteiger partial charge on any atom is -0.494 e.